The van der Waals surface area contributed by atoms with Crippen LogP contribution in [0.4, 0.5) is 4.39 Å². The largest absolute Gasteiger partial charge is 0.283 e. The van der Waals surface area contributed by atoms with Gasteiger partial charge in [0.2, 0.25) is 0 Å². The fourth-order valence-electron chi connectivity index (χ4n) is 0.258. The summed E-state index contributed by atoms with van der Waals surface area (Å²) in [5, 5.41) is 0. The molecule has 0 saturated heterocycles. The van der Waals surface area contributed by atoms with Crippen LogP contribution in [-0.4, -0.2) is 18.8 Å². The van der Waals surface area contributed by atoms with Crippen molar-refractivity contribution < 1.29 is 4.39 Å². The van der Waals surface area contributed by atoms with Crippen molar-refractivity contribution in [2.24, 2.45) is 9.98 Å². The lowest BCUT2D eigenvalue weighted by molar-refractivity contribution is 0.368. The second-order valence-electron chi connectivity index (χ2n) is 0.907. The maximum atomic E-state index is 11.5. The Morgan fingerprint density at radius 3 is 2.00 bits per heavy atom. The number of hydrogen-bond acceptors (Lipinski definition) is 2. The van der Waals surface area contributed by atoms with E-state index in [4.69, 9.17) is 0 Å². The Hall–Kier alpha value is -0.730. The van der Waals surface area contributed by atoms with E-state index in [2.05, 4.69) is 9.98 Å². The minimum atomic E-state index is -1.31. The minimum absolute atomic E-state index is 1.31. The third kappa shape index (κ3) is 0.429. The fourth-order valence-corrected chi connectivity index (χ4v) is 0.258. The third-order valence-corrected chi connectivity index (χ3v) is 0.485. The lowest BCUT2D eigenvalue weighted by Crippen LogP contribution is -1.79. The topological polar surface area (TPSA) is 24.7 Å². The zero-order valence-corrected chi connectivity index (χ0v) is 3.00. The summed E-state index contributed by atoms with van der Waals surface area (Å²) in [7, 11) is 0. The predicted octanol–water partition coefficient (Wildman–Crippen LogP) is 0.395. The van der Waals surface area contributed by atoms with Crippen molar-refractivity contribution in [2.45, 2.75) is 6.42 Å². The molecule has 0 unspecified atom stereocenters. The van der Waals surface area contributed by atoms with Gasteiger partial charge >= 0.3 is 0 Å². The Labute approximate surface area is 34.4 Å². The summed E-state index contributed by atoms with van der Waals surface area (Å²) < 4.78 is 11.5. The highest BCUT2D eigenvalue weighted by Gasteiger charge is 1.96. The quantitative estimate of drug-likeness (QED) is 0.381. The highest BCUT2D eigenvalue weighted by molar-refractivity contribution is 6.17. The van der Waals surface area contributed by atoms with E-state index in [1.807, 2.05) is 0 Å². The van der Waals surface area contributed by atoms with Crippen LogP contribution in [0.15, 0.2) is 9.98 Å². The number of hydrogen-bond donors (Lipinski definition) is 0. The van der Waals surface area contributed by atoms with E-state index < -0.39 is 6.42 Å². The molecule has 3 heteroatoms. The van der Waals surface area contributed by atoms with Crippen molar-refractivity contribution in [3.63, 3.8) is 0 Å². The summed E-state index contributed by atoms with van der Waals surface area (Å²) in [4.78, 5) is 6.44. The van der Waals surface area contributed by atoms with Crippen molar-refractivity contribution in [3.8, 4) is 0 Å². The monoisotopic (exact) mass is 86.0 g/mol. The van der Waals surface area contributed by atoms with Gasteiger partial charge in [-0.2, -0.15) is 4.39 Å². The summed E-state index contributed by atoms with van der Waals surface area (Å²) in [5.41, 5.74) is 0. The van der Waals surface area contributed by atoms with Gasteiger partial charge in [0.15, 0.2) is 0 Å². The van der Waals surface area contributed by atoms with E-state index in [1.54, 1.807) is 0 Å². The Morgan fingerprint density at radius 2 is 1.83 bits per heavy atom. The van der Waals surface area contributed by atoms with E-state index >= 15 is 0 Å². The van der Waals surface area contributed by atoms with Crippen LogP contribution in [0.2, 0.25) is 0 Å². The average Bonchev–Trinajstić information content (AvgIpc) is 1.86. The summed E-state index contributed by atoms with van der Waals surface area (Å²) >= 11 is 0. The van der Waals surface area contributed by atoms with E-state index in [1.165, 1.54) is 12.4 Å². The van der Waals surface area contributed by atoms with Crippen LogP contribution in [0.3, 0.4) is 0 Å². The molecular formula is C3H3FN2. The normalized spacial score (nSPS) is 20.2. The Kier molecular flexibility index (Phi) is 0.670. The van der Waals surface area contributed by atoms with Gasteiger partial charge in [0.05, 0.1) is 0 Å². The van der Waals surface area contributed by atoms with Crippen molar-refractivity contribution in [2.75, 3.05) is 0 Å². The van der Waals surface area contributed by atoms with Crippen LogP contribution in [0.5, 0.6) is 0 Å². The van der Waals surface area contributed by atoms with E-state index in [0.29, 0.717) is 0 Å². The minimum Gasteiger partial charge on any atom is -0.235 e. The van der Waals surface area contributed by atoms with Crippen LogP contribution in [0, 0.1) is 0 Å². The number of halogens is 1. The van der Waals surface area contributed by atoms with Gasteiger partial charge in [0, 0.05) is 12.4 Å². The standard InChI is InChI=1S/C3H3FN2/c4-3-5-1-2-6-3/h1-3H. The molecular weight excluding hydrogens is 83.0 g/mol. The Morgan fingerprint density at radius 1 is 1.33 bits per heavy atom. The molecule has 1 rings (SSSR count). The maximum Gasteiger partial charge on any atom is 0.283 e. The lowest BCUT2D eigenvalue weighted by atomic mass is 10.9. The molecule has 0 radical (unpaired) electrons. The summed E-state index contributed by atoms with van der Waals surface area (Å²) in [6, 6.07) is 0. The van der Waals surface area contributed by atoms with Gasteiger partial charge < -0.3 is 0 Å². The van der Waals surface area contributed by atoms with Crippen LogP contribution in [-0.2, 0) is 0 Å². The molecule has 0 aromatic heterocycles. The number of rotatable bonds is 0. The van der Waals surface area contributed by atoms with E-state index in [-0.39, 0.29) is 0 Å². The molecule has 1 aliphatic heterocycles. The molecule has 0 fully saturated rings. The molecule has 0 aromatic carbocycles. The first-order chi connectivity index (χ1) is 2.89. The molecule has 0 bridgehead atoms. The molecule has 0 N–H and O–H groups in total. The summed E-state index contributed by atoms with van der Waals surface area (Å²) in [6.45, 7) is 0. The molecule has 0 spiro atoms. The smallest absolute Gasteiger partial charge is 0.235 e. The molecule has 0 aliphatic carbocycles. The number of aliphatic imine (C=N–C) groups is 2. The van der Waals surface area contributed by atoms with Gasteiger partial charge in [0.25, 0.3) is 6.42 Å². The molecule has 1 aliphatic rings. The number of nitrogens with zero attached hydrogens (tertiary/aromatic N) is 2. The average molecular weight is 86.1 g/mol. The molecule has 2 nitrogen and oxygen atoms in total. The van der Waals surface area contributed by atoms with Crippen molar-refractivity contribution in [1.29, 1.82) is 0 Å². The predicted molar refractivity (Wildman–Crippen MR) is 21.9 cm³/mol. The van der Waals surface area contributed by atoms with Crippen LogP contribution < -0.4 is 0 Å². The summed E-state index contributed by atoms with van der Waals surface area (Å²) in [6.07, 6.45) is 1.36. The van der Waals surface area contributed by atoms with Crippen molar-refractivity contribution >= 4 is 12.4 Å². The van der Waals surface area contributed by atoms with Gasteiger partial charge in [-0.3, -0.25) is 0 Å². The first-order valence-electron chi connectivity index (χ1n) is 1.58. The maximum absolute atomic E-state index is 11.5. The molecule has 32 valence electrons. The molecule has 0 amide bonds. The first-order valence-corrected chi connectivity index (χ1v) is 1.58. The molecule has 0 aromatic rings. The fraction of sp³-hybridized carbons (Fsp3) is 0.333. The van der Waals surface area contributed by atoms with Crippen molar-refractivity contribution in [3.05, 3.63) is 0 Å². The van der Waals surface area contributed by atoms with E-state index in [9.17, 15) is 4.39 Å². The first kappa shape index (κ1) is 3.46. The number of alkyl halides is 1. The zero-order chi connectivity index (χ0) is 4.41. The second kappa shape index (κ2) is 1.16. The highest BCUT2D eigenvalue weighted by atomic mass is 19.1. The van der Waals surface area contributed by atoms with Gasteiger partial charge in [-0.25, -0.2) is 9.98 Å². The van der Waals surface area contributed by atoms with Gasteiger partial charge in [0.1, 0.15) is 0 Å². The Bertz CT molecular complexity index is 85.0. The SMILES string of the molecule is FC1N=CC=N1. The summed E-state index contributed by atoms with van der Waals surface area (Å²) in [5.74, 6) is 0. The van der Waals surface area contributed by atoms with Crippen molar-refractivity contribution in [1.82, 2.24) is 0 Å². The highest BCUT2D eigenvalue weighted by Crippen LogP contribution is 1.94. The zero-order valence-electron chi connectivity index (χ0n) is 3.00. The van der Waals surface area contributed by atoms with E-state index in [0.717, 1.165) is 0 Å². The molecule has 0 atom stereocenters. The Balaban J connectivity index is 2.60. The molecule has 6 heavy (non-hydrogen) atoms. The van der Waals surface area contributed by atoms with Crippen LogP contribution in [0.25, 0.3) is 0 Å². The van der Waals surface area contributed by atoms with Gasteiger partial charge in [-0.05, 0) is 0 Å². The second-order valence-corrected chi connectivity index (χ2v) is 0.907. The van der Waals surface area contributed by atoms with Gasteiger partial charge in [-0.1, -0.05) is 0 Å². The van der Waals surface area contributed by atoms with Crippen LogP contribution >= 0.6 is 0 Å². The van der Waals surface area contributed by atoms with Gasteiger partial charge in [-0.15, -0.1) is 0 Å². The van der Waals surface area contributed by atoms with Crippen LogP contribution in [0.1, 0.15) is 0 Å². The lowest BCUT2D eigenvalue weighted by Gasteiger charge is -1.79. The molecule has 1 heterocycles. The molecule has 0 saturated carbocycles. The third-order valence-electron chi connectivity index (χ3n) is 0.485.